The molecule has 1 heterocycles. The Kier molecular flexibility index (Phi) is 5.07. The third kappa shape index (κ3) is 4.53. The number of cyclic esters (lactones) is 1. The Morgan fingerprint density at radius 2 is 2.15 bits per heavy atom. The summed E-state index contributed by atoms with van der Waals surface area (Å²) < 4.78 is 14.8. The Bertz CT molecular complexity index is 449. The Hall–Kier alpha value is -2.11. The number of carbonyl (C=O) groups is 3. The quantitative estimate of drug-likeness (QED) is 0.415. The van der Waals surface area contributed by atoms with Crippen LogP contribution in [0.2, 0.25) is 0 Å². The van der Waals surface area contributed by atoms with E-state index in [0.717, 1.165) is 6.08 Å². The molecule has 0 aliphatic carbocycles. The highest BCUT2D eigenvalue weighted by molar-refractivity contribution is 5.90. The zero-order chi connectivity index (χ0) is 15.3. The smallest absolute Gasteiger partial charge is 0.348 e. The van der Waals surface area contributed by atoms with E-state index in [9.17, 15) is 14.4 Å². The predicted molar refractivity (Wildman–Crippen MR) is 69.6 cm³/mol. The molecule has 6 nitrogen and oxygen atoms in total. The molecule has 6 heteroatoms. The highest BCUT2D eigenvalue weighted by Gasteiger charge is 2.42. The van der Waals surface area contributed by atoms with Crippen molar-refractivity contribution < 1.29 is 28.6 Å². The van der Waals surface area contributed by atoms with Gasteiger partial charge in [0.15, 0.2) is 0 Å². The lowest BCUT2D eigenvalue weighted by atomic mass is 10.0. The van der Waals surface area contributed by atoms with Crippen molar-refractivity contribution in [1.82, 2.24) is 0 Å². The van der Waals surface area contributed by atoms with Crippen molar-refractivity contribution in [2.24, 2.45) is 0 Å². The van der Waals surface area contributed by atoms with Crippen molar-refractivity contribution in [3.05, 3.63) is 24.8 Å². The molecule has 1 fully saturated rings. The predicted octanol–water partition coefficient (Wildman–Crippen LogP) is 1.30. The lowest BCUT2D eigenvalue weighted by Gasteiger charge is -2.14. The van der Waals surface area contributed by atoms with Crippen molar-refractivity contribution in [1.29, 1.82) is 0 Å². The summed E-state index contributed by atoms with van der Waals surface area (Å²) in [5.41, 5.74) is -0.512. The van der Waals surface area contributed by atoms with Crippen LogP contribution in [-0.4, -0.2) is 36.2 Å². The van der Waals surface area contributed by atoms with E-state index in [1.54, 1.807) is 13.8 Å². The maximum atomic E-state index is 11.7. The fourth-order valence-electron chi connectivity index (χ4n) is 1.65. The summed E-state index contributed by atoms with van der Waals surface area (Å²) in [6.45, 7) is 10.3. The van der Waals surface area contributed by atoms with Crippen molar-refractivity contribution in [2.75, 3.05) is 6.61 Å². The maximum Gasteiger partial charge on any atom is 0.348 e. The first-order valence-electron chi connectivity index (χ1n) is 6.16. The molecule has 1 saturated heterocycles. The molecular formula is C14H18O6. The Morgan fingerprint density at radius 1 is 1.50 bits per heavy atom. The lowest BCUT2D eigenvalue weighted by Crippen LogP contribution is -2.24. The van der Waals surface area contributed by atoms with Crippen LogP contribution in [0.3, 0.4) is 0 Å². The molecule has 1 unspecified atom stereocenters. The molecule has 0 saturated carbocycles. The van der Waals surface area contributed by atoms with E-state index in [1.165, 1.54) is 0 Å². The minimum absolute atomic E-state index is 0.000602. The molecular weight excluding hydrogens is 264 g/mol. The van der Waals surface area contributed by atoms with Gasteiger partial charge >= 0.3 is 17.9 Å². The molecule has 0 spiro atoms. The average Bonchev–Trinajstić information content (AvgIpc) is 2.61. The van der Waals surface area contributed by atoms with Crippen LogP contribution in [0.5, 0.6) is 0 Å². The third-order valence-electron chi connectivity index (χ3n) is 2.67. The molecule has 0 radical (unpaired) electrons. The minimum atomic E-state index is -0.912. The zero-order valence-corrected chi connectivity index (χ0v) is 11.6. The van der Waals surface area contributed by atoms with Gasteiger partial charge in [0, 0.05) is 24.5 Å². The summed E-state index contributed by atoms with van der Waals surface area (Å²) in [5.74, 6) is -1.83. The molecule has 1 aliphatic heterocycles. The first kappa shape index (κ1) is 15.9. The van der Waals surface area contributed by atoms with Crippen molar-refractivity contribution in [3.8, 4) is 0 Å². The first-order chi connectivity index (χ1) is 9.25. The topological polar surface area (TPSA) is 78.9 Å². The van der Waals surface area contributed by atoms with E-state index in [-0.39, 0.29) is 18.6 Å². The van der Waals surface area contributed by atoms with Gasteiger partial charge in [-0.15, -0.1) is 0 Å². The largest absolute Gasteiger partial charge is 0.462 e. The van der Waals surface area contributed by atoms with Gasteiger partial charge in [0.2, 0.25) is 6.10 Å². The van der Waals surface area contributed by atoms with Gasteiger partial charge in [-0.2, -0.15) is 0 Å². The minimum Gasteiger partial charge on any atom is -0.462 e. The van der Waals surface area contributed by atoms with Crippen LogP contribution >= 0.6 is 0 Å². The SMILES string of the molecule is C=CC(=O)OCCC(=C)C(=O)OC1CC(C)(C)OC1=O. The molecule has 1 aliphatic rings. The standard InChI is InChI=1S/C14H18O6/c1-5-11(15)18-7-6-9(2)12(16)19-10-8-14(3,4)20-13(10)17/h5,10H,1-2,6-8H2,3-4H3. The molecule has 110 valence electrons. The van der Waals surface area contributed by atoms with Crippen LogP contribution in [0.15, 0.2) is 24.8 Å². The van der Waals surface area contributed by atoms with Crippen molar-refractivity contribution in [3.63, 3.8) is 0 Å². The normalized spacial score (nSPS) is 19.9. The van der Waals surface area contributed by atoms with E-state index < -0.39 is 29.6 Å². The molecule has 1 rings (SSSR count). The number of esters is 3. The van der Waals surface area contributed by atoms with Gasteiger partial charge < -0.3 is 14.2 Å². The summed E-state index contributed by atoms with van der Waals surface area (Å²) in [6, 6.07) is 0. The van der Waals surface area contributed by atoms with Crippen LogP contribution in [0.1, 0.15) is 26.7 Å². The Morgan fingerprint density at radius 3 is 2.65 bits per heavy atom. The van der Waals surface area contributed by atoms with Gasteiger partial charge in [0.25, 0.3) is 0 Å². The highest BCUT2D eigenvalue weighted by atomic mass is 16.6. The zero-order valence-electron chi connectivity index (χ0n) is 11.6. The van der Waals surface area contributed by atoms with Gasteiger partial charge in [0.05, 0.1) is 6.61 Å². The van der Waals surface area contributed by atoms with Gasteiger partial charge in [-0.05, 0) is 13.8 Å². The number of carbonyl (C=O) groups excluding carboxylic acids is 3. The second-order valence-electron chi connectivity index (χ2n) is 5.00. The fraction of sp³-hybridized carbons (Fsp3) is 0.500. The number of ether oxygens (including phenoxy) is 3. The average molecular weight is 282 g/mol. The summed E-state index contributed by atoms with van der Waals surface area (Å²) >= 11 is 0. The van der Waals surface area contributed by atoms with Crippen LogP contribution in [0.4, 0.5) is 0 Å². The summed E-state index contributed by atoms with van der Waals surface area (Å²) in [5, 5.41) is 0. The van der Waals surface area contributed by atoms with Crippen molar-refractivity contribution in [2.45, 2.75) is 38.4 Å². The van der Waals surface area contributed by atoms with Crippen LogP contribution in [0, 0.1) is 0 Å². The lowest BCUT2D eigenvalue weighted by molar-refractivity contribution is -0.160. The summed E-state index contributed by atoms with van der Waals surface area (Å²) in [6.07, 6.45) is 0.544. The summed E-state index contributed by atoms with van der Waals surface area (Å²) in [7, 11) is 0. The first-order valence-corrected chi connectivity index (χ1v) is 6.16. The molecule has 0 bridgehead atoms. The van der Waals surface area contributed by atoms with E-state index in [4.69, 9.17) is 14.2 Å². The Labute approximate surface area is 117 Å². The third-order valence-corrected chi connectivity index (χ3v) is 2.67. The van der Waals surface area contributed by atoms with Crippen molar-refractivity contribution >= 4 is 17.9 Å². The van der Waals surface area contributed by atoms with Crippen LogP contribution in [0.25, 0.3) is 0 Å². The number of hydrogen-bond acceptors (Lipinski definition) is 6. The fourth-order valence-corrected chi connectivity index (χ4v) is 1.65. The molecule has 0 aromatic rings. The second-order valence-corrected chi connectivity index (χ2v) is 5.00. The van der Waals surface area contributed by atoms with Gasteiger partial charge in [-0.25, -0.2) is 14.4 Å². The Balaban J connectivity index is 2.39. The van der Waals surface area contributed by atoms with E-state index in [2.05, 4.69) is 13.2 Å². The second kappa shape index (κ2) is 6.36. The van der Waals surface area contributed by atoms with Gasteiger partial charge in [0.1, 0.15) is 5.60 Å². The van der Waals surface area contributed by atoms with Gasteiger partial charge in [-0.1, -0.05) is 13.2 Å². The monoisotopic (exact) mass is 282 g/mol. The van der Waals surface area contributed by atoms with E-state index in [0.29, 0.717) is 6.42 Å². The molecule has 0 amide bonds. The highest BCUT2D eigenvalue weighted by Crippen LogP contribution is 2.28. The van der Waals surface area contributed by atoms with Crippen LogP contribution in [-0.2, 0) is 28.6 Å². The molecule has 0 aromatic carbocycles. The maximum absolute atomic E-state index is 11.7. The van der Waals surface area contributed by atoms with E-state index in [1.807, 2.05) is 0 Å². The molecule has 20 heavy (non-hydrogen) atoms. The molecule has 0 aromatic heterocycles. The number of rotatable bonds is 6. The van der Waals surface area contributed by atoms with Gasteiger partial charge in [-0.3, -0.25) is 0 Å². The summed E-state index contributed by atoms with van der Waals surface area (Å²) in [4.78, 5) is 34.0. The number of hydrogen-bond donors (Lipinski definition) is 0. The van der Waals surface area contributed by atoms with E-state index >= 15 is 0 Å². The molecule has 0 N–H and O–H groups in total. The van der Waals surface area contributed by atoms with Crippen LogP contribution < -0.4 is 0 Å². The molecule has 1 atom stereocenters.